The topological polar surface area (TPSA) is 86.2 Å². The summed E-state index contributed by atoms with van der Waals surface area (Å²) in [4.78, 5) is 10.1. The van der Waals surface area contributed by atoms with Crippen molar-refractivity contribution in [3.8, 4) is 0 Å². The molecule has 0 radical (unpaired) electrons. The van der Waals surface area contributed by atoms with Gasteiger partial charge < -0.3 is 0 Å². The summed E-state index contributed by atoms with van der Waals surface area (Å²) >= 11 is 0. The summed E-state index contributed by atoms with van der Waals surface area (Å²) in [6.07, 6.45) is 1.60. The minimum Gasteiger partial charge on any atom is -0.258 e. The molecule has 0 saturated heterocycles. The maximum atomic E-state index is 10.5. The van der Waals surface area contributed by atoms with Crippen LogP contribution in [0.3, 0.4) is 0 Å². The minimum absolute atomic E-state index is 0.0591. The van der Waals surface area contributed by atoms with E-state index in [1.54, 1.807) is 36.9 Å². The SMILES string of the molecule is Cc1nnc(C)n1/N=C\c1ccc([N+](=O)[O-])cc1. The van der Waals surface area contributed by atoms with Crippen LogP contribution < -0.4 is 0 Å². The molecule has 18 heavy (non-hydrogen) atoms. The minimum atomic E-state index is -0.436. The number of hydrogen-bond donors (Lipinski definition) is 0. The number of aromatic nitrogens is 3. The van der Waals surface area contributed by atoms with E-state index in [0.717, 1.165) is 5.56 Å². The van der Waals surface area contributed by atoms with Gasteiger partial charge in [0.1, 0.15) is 0 Å². The van der Waals surface area contributed by atoms with Gasteiger partial charge in [-0.25, -0.2) is 4.68 Å². The van der Waals surface area contributed by atoms with Crippen LogP contribution in [0, 0.1) is 24.0 Å². The molecule has 7 nitrogen and oxygen atoms in total. The molecule has 2 rings (SSSR count). The molecule has 0 saturated carbocycles. The van der Waals surface area contributed by atoms with Crippen molar-refractivity contribution in [2.45, 2.75) is 13.8 Å². The Kier molecular flexibility index (Phi) is 3.13. The highest BCUT2D eigenvalue weighted by atomic mass is 16.6. The normalized spacial score (nSPS) is 11.0. The summed E-state index contributed by atoms with van der Waals surface area (Å²) in [6.45, 7) is 3.60. The fourth-order valence-corrected chi connectivity index (χ4v) is 1.44. The molecule has 1 heterocycles. The van der Waals surface area contributed by atoms with E-state index in [4.69, 9.17) is 0 Å². The molecule has 92 valence electrons. The van der Waals surface area contributed by atoms with E-state index < -0.39 is 4.92 Å². The monoisotopic (exact) mass is 245 g/mol. The average molecular weight is 245 g/mol. The number of nitrogens with zero attached hydrogens (tertiary/aromatic N) is 5. The summed E-state index contributed by atoms with van der Waals surface area (Å²) in [6, 6.07) is 6.15. The van der Waals surface area contributed by atoms with Gasteiger partial charge in [0.15, 0.2) is 11.6 Å². The van der Waals surface area contributed by atoms with Crippen LogP contribution in [0.5, 0.6) is 0 Å². The standard InChI is InChI=1S/C11H11N5O2/c1-8-13-14-9(2)15(8)12-7-10-3-5-11(6-4-10)16(17)18/h3-7H,1-2H3/b12-7-. The van der Waals surface area contributed by atoms with Crippen molar-refractivity contribution in [3.05, 3.63) is 51.6 Å². The molecule has 1 aromatic carbocycles. The first-order valence-electron chi connectivity index (χ1n) is 5.25. The summed E-state index contributed by atoms with van der Waals surface area (Å²) in [7, 11) is 0. The van der Waals surface area contributed by atoms with Crippen molar-refractivity contribution in [2.75, 3.05) is 0 Å². The molecule has 0 aliphatic heterocycles. The summed E-state index contributed by atoms with van der Waals surface area (Å²) < 4.78 is 1.60. The van der Waals surface area contributed by atoms with Crippen molar-refractivity contribution in [1.29, 1.82) is 0 Å². The summed E-state index contributed by atoms with van der Waals surface area (Å²) in [5, 5.41) is 22.5. The second kappa shape index (κ2) is 4.74. The first-order valence-corrected chi connectivity index (χ1v) is 5.25. The maximum absolute atomic E-state index is 10.5. The zero-order valence-corrected chi connectivity index (χ0v) is 9.94. The van der Waals surface area contributed by atoms with E-state index in [0.29, 0.717) is 11.6 Å². The molecule has 0 aliphatic carbocycles. The van der Waals surface area contributed by atoms with Crippen LogP contribution in [0.1, 0.15) is 17.2 Å². The highest BCUT2D eigenvalue weighted by molar-refractivity contribution is 5.79. The lowest BCUT2D eigenvalue weighted by molar-refractivity contribution is -0.384. The van der Waals surface area contributed by atoms with Gasteiger partial charge in [0.25, 0.3) is 5.69 Å². The van der Waals surface area contributed by atoms with Gasteiger partial charge >= 0.3 is 0 Å². The Morgan fingerprint density at radius 1 is 1.22 bits per heavy atom. The van der Waals surface area contributed by atoms with Crippen molar-refractivity contribution < 1.29 is 4.92 Å². The van der Waals surface area contributed by atoms with Gasteiger partial charge in [0.05, 0.1) is 11.1 Å². The van der Waals surface area contributed by atoms with Crippen molar-refractivity contribution >= 4 is 11.9 Å². The first kappa shape index (κ1) is 11.9. The van der Waals surface area contributed by atoms with Gasteiger partial charge in [-0.2, -0.15) is 5.10 Å². The molecule has 0 unspecified atom stereocenters. The second-order valence-corrected chi connectivity index (χ2v) is 3.70. The van der Waals surface area contributed by atoms with E-state index in [1.165, 1.54) is 12.1 Å². The number of hydrogen-bond acceptors (Lipinski definition) is 5. The van der Waals surface area contributed by atoms with E-state index in [-0.39, 0.29) is 5.69 Å². The van der Waals surface area contributed by atoms with Crippen LogP contribution in [0.2, 0.25) is 0 Å². The van der Waals surface area contributed by atoms with Crippen molar-refractivity contribution in [2.24, 2.45) is 5.10 Å². The third kappa shape index (κ3) is 2.40. The molecular formula is C11H11N5O2. The van der Waals surface area contributed by atoms with Crippen LogP contribution in [-0.4, -0.2) is 26.0 Å². The zero-order chi connectivity index (χ0) is 13.1. The highest BCUT2D eigenvalue weighted by Crippen LogP contribution is 2.10. The highest BCUT2D eigenvalue weighted by Gasteiger charge is 2.03. The predicted octanol–water partition coefficient (Wildman–Crippen LogP) is 1.69. The van der Waals surface area contributed by atoms with Crippen LogP contribution in [0.15, 0.2) is 29.4 Å². The fraction of sp³-hybridized carbons (Fsp3) is 0.182. The van der Waals surface area contributed by atoms with E-state index in [9.17, 15) is 10.1 Å². The van der Waals surface area contributed by atoms with Gasteiger partial charge in [-0.3, -0.25) is 10.1 Å². The third-order valence-electron chi connectivity index (χ3n) is 2.38. The number of non-ortho nitro benzene ring substituents is 1. The Bertz CT molecular complexity index is 581. The van der Waals surface area contributed by atoms with Gasteiger partial charge in [-0.15, -0.1) is 10.2 Å². The second-order valence-electron chi connectivity index (χ2n) is 3.70. The molecule has 1 aromatic heterocycles. The number of rotatable bonds is 3. The number of benzene rings is 1. The Labute approximate surface area is 103 Å². The van der Waals surface area contributed by atoms with Crippen LogP contribution in [0.4, 0.5) is 5.69 Å². The lowest BCUT2D eigenvalue weighted by Crippen LogP contribution is -1.96. The van der Waals surface area contributed by atoms with Gasteiger partial charge in [-0.1, -0.05) is 0 Å². The maximum Gasteiger partial charge on any atom is 0.269 e. The smallest absolute Gasteiger partial charge is 0.258 e. The Balaban J connectivity index is 2.21. The quantitative estimate of drug-likeness (QED) is 0.467. The summed E-state index contributed by atoms with van der Waals surface area (Å²) in [5.41, 5.74) is 0.830. The lowest BCUT2D eigenvalue weighted by Gasteiger charge is -1.97. The predicted molar refractivity (Wildman–Crippen MR) is 65.6 cm³/mol. The first-order chi connectivity index (χ1) is 8.58. The van der Waals surface area contributed by atoms with Crippen LogP contribution in [0.25, 0.3) is 0 Å². The molecule has 7 heteroatoms. The van der Waals surface area contributed by atoms with E-state index >= 15 is 0 Å². The molecule has 0 atom stereocenters. The Hall–Kier alpha value is -2.57. The number of nitro benzene ring substituents is 1. The number of nitro groups is 1. The molecule has 0 bridgehead atoms. The molecule has 0 spiro atoms. The Morgan fingerprint density at radius 3 is 2.28 bits per heavy atom. The largest absolute Gasteiger partial charge is 0.269 e. The lowest BCUT2D eigenvalue weighted by atomic mass is 10.2. The molecule has 0 amide bonds. The molecule has 0 N–H and O–H groups in total. The zero-order valence-electron chi connectivity index (χ0n) is 9.94. The van der Waals surface area contributed by atoms with Gasteiger partial charge in [-0.05, 0) is 31.5 Å². The third-order valence-corrected chi connectivity index (χ3v) is 2.38. The van der Waals surface area contributed by atoms with E-state index in [1.807, 2.05) is 0 Å². The van der Waals surface area contributed by atoms with Crippen LogP contribution in [-0.2, 0) is 0 Å². The van der Waals surface area contributed by atoms with Crippen molar-refractivity contribution in [1.82, 2.24) is 14.9 Å². The molecule has 0 fully saturated rings. The molecule has 0 aliphatic rings. The Morgan fingerprint density at radius 2 is 1.78 bits per heavy atom. The van der Waals surface area contributed by atoms with Crippen molar-refractivity contribution in [3.63, 3.8) is 0 Å². The van der Waals surface area contributed by atoms with Gasteiger partial charge in [0.2, 0.25) is 0 Å². The number of aryl methyl sites for hydroxylation is 2. The van der Waals surface area contributed by atoms with Gasteiger partial charge in [0, 0.05) is 12.1 Å². The fourth-order valence-electron chi connectivity index (χ4n) is 1.44. The molecule has 2 aromatic rings. The molecular weight excluding hydrogens is 234 g/mol. The average Bonchev–Trinajstić information content (AvgIpc) is 2.67. The summed E-state index contributed by atoms with van der Waals surface area (Å²) in [5.74, 6) is 1.37. The van der Waals surface area contributed by atoms with Crippen LogP contribution >= 0.6 is 0 Å². The van der Waals surface area contributed by atoms with E-state index in [2.05, 4.69) is 15.3 Å².